The molecule has 96 valence electrons. The molecule has 0 radical (unpaired) electrons. The van der Waals surface area contributed by atoms with Crippen LogP contribution in [-0.2, 0) is 16.1 Å². The Hall–Kier alpha value is -2.63. The minimum absolute atomic E-state index is 0.0471. The van der Waals surface area contributed by atoms with Crippen molar-refractivity contribution in [3.63, 3.8) is 0 Å². The molecule has 1 aromatic heterocycles. The molecule has 0 N–H and O–H groups in total. The average molecular weight is 258 g/mol. The molecular formula is C13H10N2O4. The van der Waals surface area contributed by atoms with Crippen molar-refractivity contribution in [2.45, 2.75) is 6.61 Å². The molecule has 0 fully saturated rings. The van der Waals surface area contributed by atoms with Gasteiger partial charge in [0.1, 0.15) is 6.61 Å². The molecule has 0 saturated carbocycles. The van der Waals surface area contributed by atoms with E-state index < -0.39 is 11.9 Å². The maximum Gasteiger partial charge on any atom is 0.359 e. The Bertz CT molecular complexity index is 661. The number of hydrogen-bond acceptors (Lipinski definition) is 5. The molecule has 3 rings (SSSR count). The number of aromatic nitrogens is 2. The smallest absolute Gasteiger partial charge is 0.359 e. The van der Waals surface area contributed by atoms with E-state index in [1.54, 1.807) is 12.1 Å². The summed E-state index contributed by atoms with van der Waals surface area (Å²) < 4.78 is 11.0. The zero-order chi connectivity index (χ0) is 13.4. The van der Waals surface area contributed by atoms with E-state index in [0.717, 1.165) is 0 Å². The number of nitrogens with zero attached hydrogens (tertiary/aromatic N) is 2. The van der Waals surface area contributed by atoms with Crippen LogP contribution in [0.4, 0.5) is 0 Å². The normalized spacial score (nSPS) is 13.0. The molecule has 19 heavy (non-hydrogen) atoms. The van der Waals surface area contributed by atoms with Gasteiger partial charge in [0.05, 0.1) is 18.4 Å². The van der Waals surface area contributed by atoms with Crippen molar-refractivity contribution < 1.29 is 19.1 Å². The minimum Gasteiger partial charge on any atom is -0.464 e. The van der Waals surface area contributed by atoms with E-state index in [-0.39, 0.29) is 18.0 Å². The Morgan fingerprint density at radius 1 is 1.37 bits per heavy atom. The molecule has 0 unspecified atom stereocenters. The molecule has 1 aliphatic rings. The summed E-state index contributed by atoms with van der Waals surface area (Å²) in [4.78, 5) is 23.4. The summed E-state index contributed by atoms with van der Waals surface area (Å²) in [6, 6.07) is 9.08. The minimum atomic E-state index is -0.579. The number of carbonyl (C=O) groups is 2. The average Bonchev–Trinajstić information content (AvgIpc) is 3.00. The van der Waals surface area contributed by atoms with E-state index >= 15 is 0 Å². The lowest BCUT2D eigenvalue weighted by Crippen LogP contribution is -2.09. The zero-order valence-electron chi connectivity index (χ0n) is 10.1. The van der Waals surface area contributed by atoms with Crippen LogP contribution in [0.1, 0.15) is 26.5 Å². The summed E-state index contributed by atoms with van der Waals surface area (Å²) in [5.41, 5.74) is 1.56. The van der Waals surface area contributed by atoms with Gasteiger partial charge in [-0.05, 0) is 12.1 Å². The van der Waals surface area contributed by atoms with Gasteiger partial charge in [-0.3, -0.25) is 0 Å². The second-order valence-electron chi connectivity index (χ2n) is 3.99. The molecule has 0 atom stereocenters. The number of benzene rings is 1. The van der Waals surface area contributed by atoms with Crippen LogP contribution in [0.15, 0.2) is 30.3 Å². The Labute approximate surface area is 108 Å². The fraction of sp³-hybridized carbons (Fsp3) is 0.154. The van der Waals surface area contributed by atoms with Crippen LogP contribution in [0.25, 0.3) is 5.69 Å². The van der Waals surface area contributed by atoms with E-state index in [0.29, 0.717) is 11.3 Å². The highest BCUT2D eigenvalue weighted by Crippen LogP contribution is 2.26. The van der Waals surface area contributed by atoms with E-state index in [1.807, 2.05) is 18.2 Å². The molecule has 1 aromatic carbocycles. The zero-order valence-corrected chi connectivity index (χ0v) is 10.1. The van der Waals surface area contributed by atoms with Crippen LogP contribution >= 0.6 is 0 Å². The summed E-state index contributed by atoms with van der Waals surface area (Å²) in [7, 11) is 1.27. The monoisotopic (exact) mass is 258 g/mol. The number of carbonyl (C=O) groups excluding carboxylic acids is 2. The van der Waals surface area contributed by atoms with E-state index in [9.17, 15) is 9.59 Å². The largest absolute Gasteiger partial charge is 0.464 e. The van der Waals surface area contributed by atoms with Gasteiger partial charge in [0.15, 0.2) is 11.4 Å². The van der Waals surface area contributed by atoms with Gasteiger partial charge in [-0.1, -0.05) is 18.2 Å². The van der Waals surface area contributed by atoms with Crippen molar-refractivity contribution in [2.24, 2.45) is 0 Å². The van der Waals surface area contributed by atoms with Crippen molar-refractivity contribution >= 4 is 11.9 Å². The highest BCUT2D eigenvalue weighted by molar-refractivity contribution is 5.98. The number of esters is 2. The Morgan fingerprint density at radius 2 is 2.11 bits per heavy atom. The van der Waals surface area contributed by atoms with Crippen molar-refractivity contribution in [1.29, 1.82) is 0 Å². The molecular weight excluding hydrogens is 248 g/mol. The summed E-state index contributed by atoms with van der Waals surface area (Å²) >= 11 is 0. The predicted octanol–water partition coefficient (Wildman–Crippen LogP) is 1.33. The standard InChI is InChI=1S/C13H10N2O4/c1-18-12(16)10-9-7-19-13(17)11(9)15(14-10)8-5-3-2-4-6-8/h2-6H,7H2,1H3. The molecule has 0 aliphatic carbocycles. The maximum absolute atomic E-state index is 11.7. The number of hydrogen-bond donors (Lipinski definition) is 0. The fourth-order valence-electron chi connectivity index (χ4n) is 2.02. The number of methoxy groups -OCH3 is 1. The van der Waals surface area contributed by atoms with Gasteiger partial charge in [-0.2, -0.15) is 5.10 Å². The first-order valence-corrected chi connectivity index (χ1v) is 5.65. The summed E-state index contributed by atoms with van der Waals surface area (Å²) in [6.45, 7) is 0.0471. The molecule has 2 heterocycles. The van der Waals surface area contributed by atoms with Crippen LogP contribution < -0.4 is 0 Å². The molecule has 1 aliphatic heterocycles. The first-order chi connectivity index (χ1) is 9.22. The number of rotatable bonds is 2. The van der Waals surface area contributed by atoms with Crippen LogP contribution in [0.3, 0.4) is 0 Å². The van der Waals surface area contributed by atoms with Crippen molar-refractivity contribution in [1.82, 2.24) is 9.78 Å². The van der Waals surface area contributed by atoms with Gasteiger partial charge < -0.3 is 9.47 Å². The van der Waals surface area contributed by atoms with Crippen molar-refractivity contribution in [2.75, 3.05) is 7.11 Å². The molecule has 6 nitrogen and oxygen atoms in total. The Morgan fingerprint density at radius 3 is 2.79 bits per heavy atom. The lowest BCUT2D eigenvalue weighted by atomic mass is 10.2. The molecule has 0 spiro atoms. The highest BCUT2D eigenvalue weighted by atomic mass is 16.5. The first-order valence-electron chi connectivity index (χ1n) is 5.65. The lowest BCUT2D eigenvalue weighted by molar-refractivity contribution is 0.0509. The van der Waals surface area contributed by atoms with Crippen molar-refractivity contribution in [3.8, 4) is 5.69 Å². The maximum atomic E-state index is 11.7. The lowest BCUT2D eigenvalue weighted by Gasteiger charge is -2.03. The van der Waals surface area contributed by atoms with Gasteiger partial charge in [-0.25, -0.2) is 14.3 Å². The van der Waals surface area contributed by atoms with Gasteiger partial charge >= 0.3 is 11.9 Å². The van der Waals surface area contributed by atoms with Gasteiger partial charge in [-0.15, -0.1) is 0 Å². The Balaban J connectivity index is 2.21. The van der Waals surface area contributed by atoms with E-state index in [2.05, 4.69) is 9.84 Å². The quantitative estimate of drug-likeness (QED) is 0.760. The highest BCUT2D eigenvalue weighted by Gasteiger charge is 2.34. The second kappa shape index (κ2) is 4.24. The van der Waals surface area contributed by atoms with Gasteiger partial charge in [0.2, 0.25) is 0 Å². The van der Waals surface area contributed by atoms with E-state index in [1.165, 1.54) is 11.8 Å². The fourth-order valence-corrected chi connectivity index (χ4v) is 2.02. The van der Waals surface area contributed by atoms with Crippen LogP contribution in [0, 0.1) is 0 Å². The number of cyclic esters (lactones) is 1. The number of fused-ring (bicyclic) bond motifs is 1. The first kappa shape index (κ1) is 11.5. The summed E-state index contributed by atoms with van der Waals surface area (Å²) in [6.07, 6.45) is 0. The second-order valence-corrected chi connectivity index (χ2v) is 3.99. The van der Waals surface area contributed by atoms with E-state index in [4.69, 9.17) is 4.74 Å². The third-order valence-electron chi connectivity index (χ3n) is 2.90. The predicted molar refractivity (Wildman–Crippen MR) is 64.0 cm³/mol. The topological polar surface area (TPSA) is 70.4 Å². The Kier molecular flexibility index (Phi) is 2.56. The van der Waals surface area contributed by atoms with Gasteiger partial charge in [0, 0.05) is 0 Å². The summed E-state index contributed by atoms with van der Waals surface area (Å²) in [5.74, 6) is -1.06. The molecule has 2 aromatic rings. The van der Waals surface area contributed by atoms with Crippen LogP contribution in [0.2, 0.25) is 0 Å². The number of ether oxygens (including phenoxy) is 2. The van der Waals surface area contributed by atoms with Crippen LogP contribution in [-0.4, -0.2) is 28.8 Å². The summed E-state index contributed by atoms with van der Waals surface area (Å²) in [5, 5.41) is 4.16. The van der Waals surface area contributed by atoms with Crippen molar-refractivity contribution in [3.05, 3.63) is 47.3 Å². The third-order valence-corrected chi connectivity index (χ3v) is 2.90. The van der Waals surface area contributed by atoms with Gasteiger partial charge in [0.25, 0.3) is 0 Å². The number of para-hydroxylation sites is 1. The molecule has 0 saturated heterocycles. The third kappa shape index (κ3) is 1.69. The van der Waals surface area contributed by atoms with Crippen LogP contribution in [0.5, 0.6) is 0 Å². The molecule has 0 amide bonds. The molecule has 6 heteroatoms. The molecule has 0 bridgehead atoms. The SMILES string of the molecule is COC(=O)c1nn(-c2ccccc2)c2c1COC2=O.